The van der Waals surface area contributed by atoms with Crippen LogP contribution in [0.1, 0.15) is 61.4 Å². The first-order valence-electron chi connectivity index (χ1n) is 11.0. The van der Waals surface area contributed by atoms with Crippen LogP contribution < -0.4 is 10.7 Å². The first kappa shape index (κ1) is 25.4. The summed E-state index contributed by atoms with van der Waals surface area (Å²) in [5.41, 5.74) is 1.63. The fourth-order valence-corrected chi connectivity index (χ4v) is 3.87. The first-order valence-corrected chi connectivity index (χ1v) is 11.0. The van der Waals surface area contributed by atoms with E-state index < -0.39 is 32.7 Å². The van der Waals surface area contributed by atoms with Gasteiger partial charge in [-0.25, -0.2) is 5.43 Å². The minimum absolute atomic E-state index is 0.00937. The van der Waals surface area contributed by atoms with E-state index in [1.165, 1.54) is 0 Å². The number of hydrogen-bond donors (Lipinski definition) is 3. The number of benzene rings is 2. The highest BCUT2D eigenvalue weighted by Gasteiger charge is 2.31. The molecule has 0 atom stereocenters. The van der Waals surface area contributed by atoms with Gasteiger partial charge in [-0.1, -0.05) is 31.4 Å². The number of carbonyl (C=O) groups is 2. The number of non-ortho nitro benzene ring substituents is 2. The normalized spacial score (nSPS) is 15.2. The van der Waals surface area contributed by atoms with E-state index in [1.54, 1.807) is 31.2 Å². The third-order valence-electron chi connectivity index (χ3n) is 5.77. The lowest BCUT2D eigenvalue weighted by molar-refractivity contribution is -0.394. The van der Waals surface area contributed by atoms with E-state index in [2.05, 4.69) is 15.8 Å². The summed E-state index contributed by atoms with van der Waals surface area (Å²) in [7, 11) is 0. The van der Waals surface area contributed by atoms with Gasteiger partial charge >= 0.3 is 0 Å². The minimum atomic E-state index is -0.981. The predicted octanol–water partition coefficient (Wildman–Crippen LogP) is 3.68. The zero-order chi connectivity index (χ0) is 25.6. The summed E-state index contributed by atoms with van der Waals surface area (Å²) in [4.78, 5) is 45.1. The Bertz CT molecular complexity index is 1140. The van der Waals surface area contributed by atoms with Crippen LogP contribution in [0, 0.1) is 20.2 Å². The van der Waals surface area contributed by atoms with E-state index in [0.29, 0.717) is 29.8 Å². The van der Waals surface area contributed by atoms with E-state index in [1.807, 2.05) is 0 Å². The Labute approximate surface area is 200 Å². The van der Waals surface area contributed by atoms with Crippen molar-refractivity contribution in [1.82, 2.24) is 5.43 Å². The number of carbonyl (C=O) groups excluding carboxylic acids is 2. The Balaban J connectivity index is 1.63. The van der Waals surface area contributed by atoms with Crippen LogP contribution >= 0.6 is 0 Å². The molecule has 12 nitrogen and oxygen atoms in total. The maximum absolute atomic E-state index is 12.5. The summed E-state index contributed by atoms with van der Waals surface area (Å²) in [5.74, 6) is -1.12. The second-order valence-electron chi connectivity index (χ2n) is 8.48. The zero-order valence-electron chi connectivity index (χ0n) is 19.0. The van der Waals surface area contributed by atoms with Crippen LogP contribution in [0.3, 0.4) is 0 Å². The first-order chi connectivity index (χ1) is 16.6. The van der Waals surface area contributed by atoms with E-state index in [4.69, 9.17) is 0 Å². The molecule has 1 aliphatic rings. The monoisotopic (exact) mass is 483 g/mol. The Hall–Kier alpha value is -4.19. The van der Waals surface area contributed by atoms with Gasteiger partial charge in [0.2, 0.25) is 5.91 Å². The molecule has 2 amide bonds. The molecule has 2 aromatic carbocycles. The lowest BCUT2D eigenvalue weighted by atomic mass is 9.82. The van der Waals surface area contributed by atoms with Crippen molar-refractivity contribution in [3.63, 3.8) is 0 Å². The molecule has 2 aromatic rings. The van der Waals surface area contributed by atoms with Gasteiger partial charge in [0.15, 0.2) is 0 Å². The molecule has 3 N–H and O–H groups in total. The maximum atomic E-state index is 12.5. The van der Waals surface area contributed by atoms with E-state index in [0.717, 1.165) is 37.5 Å². The molecule has 0 saturated heterocycles. The molecule has 1 saturated carbocycles. The highest BCUT2D eigenvalue weighted by Crippen LogP contribution is 2.30. The highest BCUT2D eigenvalue weighted by atomic mass is 16.6. The van der Waals surface area contributed by atoms with Gasteiger partial charge in [0.1, 0.15) is 0 Å². The number of nitro benzene ring substituents is 2. The second-order valence-corrected chi connectivity index (χ2v) is 8.48. The number of aliphatic hydroxyl groups is 1. The minimum Gasteiger partial charge on any atom is -0.389 e. The number of nitro groups is 2. The van der Waals surface area contributed by atoms with Crippen LogP contribution in [0.5, 0.6) is 0 Å². The van der Waals surface area contributed by atoms with E-state index >= 15 is 0 Å². The van der Waals surface area contributed by atoms with Crippen LogP contribution in [0.15, 0.2) is 47.6 Å². The van der Waals surface area contributed by atoms with Gasteiger partial charge in [-0.15, -0.1) is 0 Å². The summed E-state index contributed by atoms with van der Waals surface area (Å²) in [6.45, 7) is 1.69. The van der Waals surface area contributed by atoms with Gasteiger partial charge in [0.25, 0.3) is 17.3 Å². The van der Waals surface area contributed by atoms with Crippen molar-refractivity contribution in [2.24, 2.45) is 5.10 Å². The lowest BCUT2D eigenvalue weighted by Crippen LogP contribution is -2.37. The van der Waals surface area contributed by atoms with E-state index in [-0.39, 0.29) is 17.9 Å². The van der Waals surface area contributed by atoms with Crippen molar-refractivity contribution in [2.45, 2.75) is 51.0 Å². The summed E-state index contributed by atoms with van der Waals surface area (Å²) >= 11 is 0. The average Bonchev–Trinajstić information content (AvgIpc) is 2.82. The summed E-state index contributed by atoms with van der Waals surface area (Å²) in [6, 6.07) is 9.10. The molecule has 12 heteroatoms. The molecular formula is C23H25N5O7. The molecule has 0 bridgehead atoms. The number of hydrogen-bond acceptors (Lipinski definition) is 8. The molecule has 0 aliphatic heterocycles. The Morgan fingerprint density at radius 1 is 0.971 bits per heavy atom. The van der Waals surface area contributed by atoms with Crippen LogP contribution in [0.4, 0.5) is 17.1 Å². The second kappa shape index (κ2) is 10.8. The smallest absolute Gasteiger partial charge is 0.277 e. The Kier molecular flexibility index (Phi) is 7.87. The molecular weight excluding hydrogens is 458 g/mol. The topological polar surface area (TPSA) is 177 Å². The van der Waals surface area contributed by atoms with Crippen molar-refractivity contribution in [3.05, 3.63) is 73.8 Å². The summed E-state index contributed by atoms with van der Waals surface area (Å²) < 4.78 is 0. The number of nitrogens with one attached hydrogen (secondary N) is 2. The third kappa shape index (κ3) is 6.90. The molecule has 3 rings (SSSR count). The van der Waals surface area contributed by atoms with Gasteiger partial charge in [0, 0.05) is 17.8 Å². The van der Waals surface area contributed by atoms with Crippen LogP contribution in [-0.2, 0) is 4.79 Å². The van der Waals surface area contributed by atoms with Gasteiger partial charge in [0.05, 0.1) is 39.2 Å². The molecule has 184 valence electrons. The maximum Gasteiger partial charge on any atom is 0.277 e. The number of hydrazone groups is 1. The lowest BCUT2D eigenvalue weighted by Gasteiger charge is -2.31. The Morgan fingerprint density at radius 2 is 1.54 bits per heavy atom. The van der Waals surface area contributed by atoms with Crippen molar-refractivity contribution in [2.75, 3.05) is 5.32 Å². The molecule has 0 radical (unpaired) electrons. The van der Waals surface area contributed by atoms with E-state index in [9.17, 15) is 34.9 Å². The standard InChI is InChI=1S/C23H25N5O7/c1-15(25-26-21(29)14-23(31)9-3-2-4-10-23)16-5-7-18(8-6-16)24-22(30)17-11-19(27(32)33)13-20(12-17)28(34)35/h5-8,11-13,31H,2-4,9-10,14H2,1H3,(H,24,30)(H,26,29)/b25-15+. The average molecular weight is 483 g/mol. The quantitative estimate of drug-likeness (QED) is 0.291. The van der Waals surface area contributed by atoms with Gasteiger partial charge in [-0.2, -0.15) is 5.10 Å². The summed E-state index contributed by atoms with van der Waals surface area (Å²) in [5, 5.41) is 39.1. The zero-order valence-corrected chi connectivity index (χ0v) is 19.0. The molecule has 35 heavy (non-hydrogen) atoms. The fourth-order valence-electron chi connectivity index (χ4n) is 3.87. The summed E-state index contributed by atoms with van der Waals surface area (Å²) in [6.07, 6.45) is 4.04. The molecule has 1 aliphatic carbocycles. The molecule has 0 heterocycles. The number of anilines is 1. The van der Waals surface area contributed by atoms with Crippen LogP contribution in [0.25, 0.3) is 0 Å². The van der Waals surface area contributed by atoms with Crippen molar-refractivity contribution in [1.29, 1.82) is 0 Å². The van der Waals surface area contributed by atoms with Crippen LogP contribution in [-0.4, -0.2) is 38.1 Å². The number of amides is 2. The van der Waals surface area contributed by atoms with Crippen LogP contribution in [0.2, 0.25) is 0 Å². The number of rotatable bonds is 8. The van der Waals surface area contributed by atoms with Gasteiger partial charge < -0.3 is 10.4 Å². The van der Waals surface area contributed by atoms with Crippen molar-refractivity contribution >= 4 is 34.6 Å². The molecule has 0 aromatic heterocycles. The molecule has 1 fully saturated rings. The molecule has 0 spiro atoms. The SMILES string of the molecule is C/C(=N\NC(=O)CC1(O)CCCCC1)c1ccc(NC(=O)c2cc([N+](=O)[O-])cc([N+](=O)[O-])c2)cc1. The predicted molar refractivity (Wildman–Crippen MR) is 127 cm³/mol. The van der Waals surface area contributed by atoms with Gasteiger partial charge in [-0.05, 0) is 37.5 Å². The Morgan fingerprint density at radius 3 is 2.09 bits per heavy atom. The number of nitrogens with zero attached hydrogens (tertiary/aromatic N) is 3. The largest absolute Gasteiger partial charge is 0.389 e. The highest BCUT2D eigenvalue weighted by molar-refractivity contribution is 6.05. The van der Waals surface area contributed by atoms with Gasteiger partial charge in [-0.3, -0.25) is 29.8 Å². The van der Waals surface area contributed by atoms with Crippen molar-refractivity contribution < 1.29 is 24.5 Å². The van der Waals surface area contributed by atoms with Crippen molar-refractivity contribution in [3.8, 4) is 0 Å². The fraction of sp³-hybridized carbons (Fsp3) is 0.348. The molecule has 0 unspecified atom stereocenters. The third-order valence-corrected chi connectivity index (χ3v) is 5.77.